The van der Waals surface area contributed by atoms with E-state index in [1.807, 2.05) is 0 Å². The van der Waals surface area contributed by atoms with Crippen LogP contribution in [0.15, 0.2) is 24.3 Å². The fourth-order valence-electron chi connectivity index (χ4n) is 2.15. The van der Waals surface area contributed by atoms with E-state index in [0.717, 1.165) is 18.9 Å². The minimum Gasteiger partial charge on any atom is -0.368 e. The van der Waals surface area contributed by atoms with Crippen molar-refractivity contribution in [2.75, 3.05) is 6.54 Å². The van der Waals surface area contributed by atoms with Crippen LogP contribution in [0.25, 0.3) is 0 Å². The highest BCUT2D eigenvalue weighted by Crippen LogP contribution is 2.37. The third-order valence-corrected chi connectivity index (χ3v) is 3.71. The van der Waals surface area contributed by atoms with Crippen LogP contribution in [0.4, 0.5) is 13.2 Å². The molecule has 2 rings (SSSR count). The van der Waals surface area contributed by atoms with Crippen LogP contribution in [-0.4, -0.2) is 12.5 Å². The van der Waals surface area contributed by atoms with E-state index in [-0.39, 0.29) is 5.56 Å². The maximum atomic E-state index is 13.1. The summed E-state index contributed by atoms with van der Waals surface area (Å²) < 4.78 is 39.2. The molecule has 0 aliphatic heterocycles. The van der Waals surface area contributed by atoms with Gasteiger partial charge in [-0.15, -0.1) is 0 Å². The minimum absolute atomic E-state index is 0.124. The van der Waals surface area contributed by atoms with E-state index in [1.165, 1.54) is 25.1 Å². The smallest absolute Gasteiger partial charge is 0.368 e. The number of carbonyl (C=O) groups is 1. The molecule has 20 heavy (non-hydrogen) atoms. The third kappa shape index (κ3) is 2.95. The van der Waals surface area contributed by atoms with Gasteiger partial charge in [-0.2, -0.15) is 13.2 Å². The van der Waals surface area contributed by atoms with E-state index < -0.39 is 23.2 Å². The average molecular weight is 286 g/mol. The van der Waals surface area contributed by atoms with Gasteiger partial charge in [-0.25, -0.2) is 0 Å². The SMILES string of the molecule is CC(NCC1CC1)(C(N)=O)c1ccccc1C(F)(F)F. The van der Waals surface area contributed by atoms with Gasteiger partial charge in [0.15, 0.2) is 0 Å². The number of amides is 1. The number of benzene rings is 1. The van der Waals surface area contributed by atoms with Gasteiger partial charge < -0.3 is 5.73 Å². The summed E-state index contributed by atoms with van der Waals surface area (Å²) in [6.45, 7) is 1.90. The predicted molar refractivity (Wildman–Crippen MR) is 68.7 cm³/mol. The van der Waals surface area contributed by atoms with Crippen LogP contribution in [0.1, 0.15) is 30.9 Å². The van der Waals surface area contributed by atoms with E-state index in [1.54, 1.807) is 0 Å². The Balaban J connectivity index is 2.40. The molecule has 6 heteroatoms. The highest BCUT2D eigenvalue weighted by Gasteiger charge is 2.42. The number of carbonyl (C=O) groups excluding carboxylic acids is 1. The Morgan fingerprint density at radius 1 is 1.30 bits per heavy atom. The van der Waals surface area contributed by atoms with E-state index >= 15 is 0 Å². The molecular weight excluding hydrogens is 269 g/mol. The van der Waals surface area contributed by atoms with E-state index in [9.17, 15) is 18.0 Å². The average Bonchev–Trinajstić information content (AvgIpc) is 3.18. The van der Waals surface area contributed by atoms with Crippen molar-refractivity contribution in [3.05, 3.63) is 35.4 Å². The van der Waals surface area contributed by atoms with Gasteiger partial charge in [-0.3, -0.25) is 10.1 Å². The second kappa shape index (κ2) is 5.09. The lowest BCUT2D eigenvalue weighted by atomic mass is 9.87. The summed E-state index contributed by atoms with van der Waals surface area (Å²) in [5, 5.41) is 2.91. The molecule has 1 aromatic carbocycles. The number of rotatable bonds is 5. The lowest BCUT2D eigenvalue weighted by Crippen LogP contribution is -2.52. The molecule has 0 heterocycles. The molecule has 1 saturated carbocycles. The van der Waals surface area contributed by atoms with Crippen molar-refractivity contribution in [2.45, 2.75) is 31.5 Å². The molecule has 110 valence electrons. The Kier molecular flexibility index (Phi) is 3.77. The fraction of sp³-hybridized carbons (Fsp3) is 0.500. The van der Waals surface area contributed by atoms with Crippen LogP contribution < -0.4 is 11.1 Å². The predicted octanol–water partition coefficient (Wildman–Crippen LogP) is 2.41. The van der Waals surface area contributed by atoms with Crippen molar-refractivity contribution in [1.82, 2.24) is 5.32 Å². The molecule has 0 aromatic heterocycles. The molecular formula is C14H17F3N2O. The number of halogens is 3. The first-order chi connectivity index (χ1) is 9.25. The first kappa shape index (κ1) is 14.8. The maximum Gasteiger partial charge on any atom is 0.416 e. The number of nitrogens with two attached hydrogens (primary N) is 1. The van der Waals surface area contributed by atoms with Crippen molar-refractivity contribution in [2.24, 2.45) is 11.7 Å². The van der Waals surface area contributed by atoms with Gasteiger partial charge in [0.1, 0.15) is 5.54 Å². The number of hydrogen-bond acceptors (Lipinski definition) is 2. The Morgan fingerprint density at radius 2 is 1.85 bits per heavy atom. The summed E-state index contributed by atoms with van der Waals surface area (Å²) in [5.74, 6) is -0.387. The van der Waals surface area contributed by atoms with E-state index in [0.29, 0.717) is 12.5 Å². The van der Waals surface area contributed by atoms with E-state index in [2.05, 4.69) is 5.32 Å². The zero-order valence-electron chi connectivity index (χ0n) is 11.1. The van der Waals surface area contributed by atoms with Crippen LogP contribution in [0.2, 0.25) is 0 Å². The highest BCUT2D eigenvalue weighted by molar-refractivity contribution is 5.86. The first-order valence-electron chi connectivity index (χ1n) is 6.47. The standard InChI is InChI=1S/C14H17F3N2O/c1-13(12(18)20,19-8-9-6-7-9)10-4-2-3-5-11(10)14(15,16)17/h2-5,9,19H,6-8H2,1H3,(H2,18,20). The molecule has 1 atom stereocenters. The van der Waals surface area contributed by atoms with Gasteiger partial charge >= 0.3 is 6.18 Å². The van der Waals surface area contributed by atoms with Gasteiger partial charge in [0.2, 0.25) is 5.91 Å². The molecule has 3 nitrogen and oxygen atoms in total. The van der Waals surface area contributed by atoms with Crippen LogP contribution in [0.5, 0.6) is 0 Å². The van der Waals surface area contributed by atoms with Crippen LogP contribution >= 0.6 is 0 Å². The van der Waals surface area contributed by atoms with Crippen molar-refractivity contribution in [1.29, 1.82) is 0 Å². The molecule has 1 unspecified atom stereocenters. The lowest BCUT2D eigenvalue weighted by Gasteiger charge is -2.30. The zero-order valence-corrected chi connectivity index (χ0v) is 11.1. The van der Waals surface area contributed by atoms with E-state index in [4.69, 9.17) is 5.73 Å². The van der Waals surface area contributed by atoms with Gasteiger partial charge in [0.25, 0.3) is 0 Å². The number of primary amides is 1. The van der Waals surface area contributed by atoms with Crippen molar-refractivity contribution in [3.8, 4) is 0 Å². The summed E-state index contributed by atoms with van der Waals surface area (Å²) in [5.41, 5.74) is 2.88. The topological polar surface area (TPSA) is 55.1 Å². The second-order valence-corrected chi connectivity index (χ2v) is 5.36. The minimum atomic E-state index is -4.52. The molecule has 1 aliphatic carbocycles. The first-order valence-corrected chi connectivity index (χ1v) is 6.47. The van der Waals surface area contributed by atoms with Crippen molar-refractivity contribution >= 4 is 5.91 Å². The normalized spacial score (nSPS) is 18.6. The molecule has 0 bridgehead atoms. The molecule has 1 fully saturated rings. The largest absolute Gasteiger partial charge is 0.416 e. The number of hydrogen-bond donors (Lipinski definition) is 2. The Bertz CT molecular complexity index is 511. The van der Waals surface area contributed by atoms with Gasteiger partial charge in [0.05, 0.1) is 5.56 Å². The quantitative estimate of drug-likeness (QED) is 0.873. The number of alkyl halides is 3. The summed E-state index contributed by atoms with van der Waals surface area (Å²) in [6, 6.07) is 5.04. The van der Waals surface area contributed by atoms with Crippen LogP contribution in [0, 0.1) is 5.92 Å². The third-order valence-electron chi connectivity index (χ3n) is 3.71. The monoisotopic (exact) mass is 286 g/mol. The Hall–Kier alpha value is -1.56. The summed E-state index contributed by atoms with van der Waals surface area (Å²) >= 11 is 0. The Labute approximate surface area is 115 Å². The Morgan fingerprint density at radius 3 is 2.30 bits per heavy atom. The van der Waals surface area contributed by atoms with Crippen molar-refractivity contribution in [3.63, 3.8) is 0 Å². The molecule has 0 spiro atoms. The fourth-order valence-corrected chi connectivity index (χ4v) is 2.15. The van der Waals surface area contributed by atoms with Crippen LogP contribution in [0.3, 0.4) is 0 Å². The van der Waals surface area contributed by atoms with Gasteiger partial charge in [-0.05, 0) is 43.9 Å². The zero-order chi connectivity index (χ0) is 15.0. The molecule has 3 N–H and O–H groups in total. The van der Waals surface area contributed by atoms with Crippen molar-refractivity contribution < 1.29 is 18.0 Å². The van der Waals surface area contributed by atoms with Crippen LogP contribution in [-0.2, 0) is 16.5 Å². The van der Waals surface area contributed by atoms with Gasteiger partial charge in [0, 0.05) is 0 Å². The maximum absolute atomic E-state index is 13.1. The molecule has 1 aliphatic rings. The summed E-state index contributed by atoms with van der Waals surface area (Å²) in [4.78, 5) is 11.7. The summed E-state index contributed by atoms with van der Waals surface area (Å²) in [6.07, 6.45) is -2.46. The second-order valence-electron chi connectivity index (χ2n) is 5.36. The highest BCUT2D eigenvalue weighted by atomic mass is 19.4. The van der Waals surface area contributed by atoms with Gasteiger partial charge in [-0.1, -0.05) is 18.2 Å². The molecule has 1 amide bonds. The molecule has 0 radical (unpaired) electrons. The summed E-state index contributed by atoms with van der Waals surface area (Å²) in [7, 11) is 0. The molecule has 0 saturated heterocycles. The molecule has 1 aromatic rings. The number of nitrogens with one attached hydrogen (secondary N) is 1. The lowest BCUT2D eigenvalue weighted by molar-refractivity contribution is -0.139.